The molecule has 1 aromatic carbocycles. The maximum atomic E-state index is 13.2. The number of imide groups is 1. The first-order valence-corrected chi connectivity index (χ1v) is 5.69. The first kappa shape index (κ1) is 11.3. The third-order valence-corrected chi connectivity index (χ3v) is 3.31. The number of likely N-dealkylation sites (tertiary alicyclic amines) is 1. The van der Waals surface area contributed by atoms with E-state index in [2.05, 4.69) is 15.9 Å². The van der Waals surface area contributed by atoms with Crippen molar-refractivity contribution in [3.63, 3.8) is 0 Å². The van der Waals surface area contributed by atoms with Gasteiger partial charge in [0.2, 0.25) is 5.91 Å². The van der Waals surface area contributed by atoms with Crippen LogP contribution in [0.1, 0.15) is 23.2 Å². The summed E-state index contributed by atoms with van der Waals surface area (Å²) in [5.41, 5.74) is 0.190. The number of benzene rings is 1. The minimum absolute atomic E-state index is 0.111. The highest BCUT2D eigenvalue weighted by atomic mass is 79.9. The average molecular weight is 286 g/mol. The maximum absolute atomic E-state index is 13.2. The molecule has 1 fully saturated rings. The van der Waals surface area contributed by atoms with Gasteiger partial charge in [-0.3, -0.25) is 14.5 Å². The normalized spacial score (nSPS) is 15.6. The Morgan fingerprint density at radius 3 is 2.81 bits per heavy atom. The molecule has 0 spiro atoms. The maximum Gasteiger partial charge on any atom is 0.261 e. The third kappa shape index (κ3) is 1.87. The zero-order valence-electron chi connectivity index (χ0n) is 8.37. The van der Waals surface area contributed by atoms with E-state index in [1.807, 2.05) is 0 Å². The van der Waals surface area contributed by atoms with E-state index in [1.54, 1.807) is 0 Å². The second kappa shape index (κ2) is 4.33. The predicted octanol–water partition coefficient (Wildman–Crippen LogP) is 2.35. The second-order valence-corrected chi connectivity index (χ2v) is 4.35. The van der Waals surface area contributed by atoms with E-state index in [-0.39, 0.29) is 15.9 Å². The number of carbonyl (C=O) groups excluding carboxylic acids is 2. The summed E-state index contributed by atoms with van der Waals surface area (Å²) >= 11 is 3.01. The van der Waals surface area contributed by atoms with Crippen molar-refractivity contribution in [2.75, 3.05) is 6.54 Å². The average Bonchev–Trinajstić information content (AvgIpc) is 2.68. The summed E-state index contributed by atoms with van der Waals surface area (Å²) in [7, 11) is 0. The quantitative estimate of drug-likeness (QED) is 0.743. The Morgan fingerprint density at radius 2 is 2.19 bits per heavy atom. The van der Waals surface area contributed by atoms with Gasteiger partial charge < -0.3 is 0 Å². The molecule has 0 aromatic heterocycles. The Kier molecular flexibility index (Phi) is 3.05. The summed E-state index contributed by atoms with van der Waals surface area (Å²) in [6.07, 6.45) is 1.07. The molecule has 2 rings (SSSR count). The van der Waals surface area contributed by atoms with E-state index in [0.29, 0.717) is 19.4 Å². The molecule has 0 bridgehead atoms. The van der Waals surface area contributed by atoms with Crippen molar-refractivity contribution in [2.24, 2.45) is 0 Å². The van der Waals surface area contributed by atoms with Gasteiger partial charge in [0.1, 0.15) is 5.82 Å². The lowest BCUT2D eigenvalue weighted by Gasteiger charge is -2.14. The SMILES string of the molecule is O=C1CCCN1C(=O)c1cccc(F)c1Br. The Hall–Kier alpha value is -1.23. The molecule has 0 saturated carbocycles. The van der Waals surface area contributed by atoms with E-state index in [4.69, 9.17) is 0 Å². The summed E-state index contributed by atoms with van der Waals surface area (Å²) in [5, 5.41) is 0. The highest BCUT2D eigenvalue weighted by Crippen LogP contribution is 2.23. The molecule has 1 aromatic rings. The number of rotatable bonds is 1. The molecule has 0 N–H and O–H groups in total. The largest absolute Gasteiger partial charge is 0.278 e. The van der Waals surface area contributed by atoms with Gasteiger partial charge in [0.15, 0.2) is 0 Å². The fourth-order valence-corrected chi connectivity index (χ4v) is 2.11. The van der Waals surface area contributed by atoms with Crippen LogP contribution in [0, 0.1) is 5.82 Å². The van der Waals surface area contributed by atoms with Crippen LogP contribution in [-0.2, 0) is 4.79 Å². The highest BCUT2D eigenvalue weighted by Gasteiger charge is 2.28. The zero-order chi connectivity index (χ0) is 11.7. The van der Waals surface area contributed by atoms with Gasteiger partial charge in [0.05, 0.1) is 10.0 Å². The minimum Gasteiger partial charge on any atom is -0.278 e. The molecule has 0 radical (unpaired) electrons. The van der Waals surface area contributed by atoms with Gasteiger partial charge in [-0.15, -0.1) is 0 Å². The second-order valence-electron chi connectivity index (χ2n) is 3.56. The van der Waals surface area contributed by atoms with Gasteiger partial charge in [-0.1, -0.05) is 6.07 Å². The summed E-state index contributed by atoms with van der Waals surface area (Å²) < 4.78 is 13.3. The van der Waals surface area contributed by atoms with Crippen molar-refractivity contribution >= 4 is 27.7 Å². The molecular formula is C11H9BrFNO2. The van der Waals surface area contributed by atoms with E-state index in [1.165, 1.54) is 23.1 Å². The lowest BCUT2D eigenvalue weighted by molar-refractivity contribution is -0.125. The Balaban J connectivity index is 2.34. The van der Waals surface area contributed by atoms with Crippen LogP contribution in [0.15, 0.2) is 22.7 Å². The monoisotopic (exact) mass is 285 g/mol. The van der Waals surface area contributed by atoms with Gasteiger partial charge in [-0.25, -0.2) is 4.39 Å². The van der Waals surface area contributed by atoms with Crippen LogP contribution in [0.25, 0.3) is 0 Å². The molecule has 84 valence electrons. The molecule has 0 aliphatic carbocycles. The van der Waals surface area contributed by atoms with Crippen LogP contribution in [0.3, 0.4) is 0 Å². The molecule has 1 aliphatic rings. The van der Waals surface area contributed by atoms with Crippen LogP contribution >= 0.6 is 15.9 Å². The van der Waals surface area contributed by atoms with Crippen molar-refractivity contribution < 1.29 is 14.0 Å². The van der Waals surface area contributed by atoms with Crippen LogP contribution in [0.2, 0.25) is 0 Å². The molecule has 1 saturated heterocycles. The van der Waals surface area contributed by atoms with Crippen molar-refractivity contribution in [3.8, 4) is 0 Å². The number of halogens is 2. The third-order valence-electron chi connectivity index (χ3n) is 2.50. The van der Waals surface area contributed by atoms with Gasteiger partial charge in [-0.05, 0) is 34.5 Å². The number of carbonyl (C=O) groups is 2. The summed E-state index contributed by atoms with van der Waals surface area (Å²) in [6.45, 7) is 0.417. The first-order chi connectivity index (χ1) is 7.61. The standard InChI is InChI=1S/C11H9BrFNO2/c12-10-7(3-1-4-8(10)13)11(16)14-6-2-5-9(14)15/h1,3-4H,2,5-6H2. The molecule has 0 atom stereocenters. The van der Waals surface area contributed by atoms with Gasteiger partial charge in [0, 0.05) is 13.0 Å². The Labute approximate surface area is 100 Å². The lowest BCUT2D eigenvalue weighted by atomic mass is 10.2. The molecule has 16 heavy (non-hydrogen) atoms. The van der Waals surface area contributed by atoms with E-state index >= 15 is 0 Å². The fraction of sp³-hybridized carbons (Fsp3) is 0.273. The minimum atomic E-state index is -0.502. The Bertz CT molecular complexity index is 461. The van der Waals surface area contributed by atoms with Gasteiger partial charge in [-0.2, -0.15) is 0 Å². The van der Waals surface area contributed by atoms with Crippen LogP contribution in [0.5, 0.6) is 0 Å². The van der Waals surface area contributed by atoms with Crippen molar-refractivity contribution in [3.05, 3.63) is 34.1 Å². The smallest absolute Gasteiger partial charge is 0.261 e. The predicted molar refractivity (Wildman–Crippen MR) is 59.4 cm³/mol. The topological polar surface area (TPSA) is 37.4 Å². The van der Waals surface area contributed by atoms with Crippen molar-refractivity contribution in [2.45, 2.75) is 12.8 Å². The van der Waals surface area contributed by atoms with Gasteiger partial charge in [0.25, 0.3) is 5.91 Å². The van der Waals surface area contributed by atoms with Gasteiger partial charge >= 0.3 is 0 Å². The van der Waals surface area contributed by atoms with Crippen LogP contribution in [0.4, 0.5) is 4.39 Å². The molecule has 1 aliphatic heterocycles. The zero-order valence-corrected chi connectivity index (χ0v) is 9.96. The molecule has 0 unspecified atom stereocenters. The number of nitrogens with zero attached hydrogens (tertiary/aromatic N) is 1. The molecule has 1 heterocycles. The molecular weight excluding hydrogens is 277 g/mol. The number of amides is 2. The molecule has 3 nitrogen and oxygen atoms in total. The van der Waals surface area contributed by atoms with Crippen LogP contribution < -0.4 is 0 Å². The van der Waals surface area contributed by atoms with Crippen molar-refractivity contribution in [1.82, 2.24) is 4.90 Å². The van der Waals surface area contributed by atoms with E-state index in [0.717, 1.165) is 0 Å². The molecule has 5 heteroatoms. The lowest BCUT2D eigenvalue weighted by Crippen LogP contribution is -2.32. The molecule has 2 amide bonds. The van der Waals surface area contributed by atoms with Crippen molar-refractivity contribution in [1.29, 1.82) is 0 Å². The fourth-order valence-electron chi connectivity index (χ4n) is 1.68. The Morgan fingerprint density at radius 1 is 1.44 bits per heavy atom. The summed E-state index contributed by atoms with van der Waals surface area (Å²) in [5.74, 6) is -1.13. The highest BCUT2D eigenvalue weighted by molar-refractivity contribution is 9.10. The summed E-state index contributed by atoms with van der Waals surface area (Å²) in [6, 6.07) is 4.21. The number of hydrogen-bond donors (Lipinski definition) is 0. The summed E-state index contributed by atoms with van der Waals surface area (Å²) in [4.78, 5) is 24.5. The van der Waals surface area contributed by atoms with E-state index in [9.17, 15) is 14.0 Å². The first-order valence-electron chi connectivity index (χ1n) is 4.90. The van der Waals surface area contributed by atoms with Crippen LogP contribution in [-0.4, -0.2) is 23.3 Å². The van der Waals surface area contributed by atoms with E-state index < -0.39 is 11.7 Å². The number of hydrogen-bond acceptors (Lipinski definition) is 2.